The van der Waals surface area contributed by atoms with E-state index >= 15 is 0 Å². The fourth-order valence-corrected chi connectivity index (χ4v) is 6.61. The van der Waals surface area contributed by atoms with Crippen molar-refractivity contribution in [3.63, 3.8) is 0 Å². The number of carbonyl (C=O) groups is 1. The quantitative estimate of drug-likeness (QED) is 0.142. The predicted molar refractivity (Wildman–Crippen MR) is 151 cm³/mol. The molecule has 1 saturated heterocycles. The molecule has 4 rings (SSSR count). The third-order valence-corrected chi connectivity index (χ3v) is 9.70. The summed E-state index contributed by atoms with van der Waals surface area (Å²) in [4.78, 5) is 14.5. The van der Waals surface area contributed by atoms with Crippen molar-refractivity contribution in [1.29, 1.82) is 0 Å². The average molecular weight is 608 g/mol. The van der Waals surface area contributed by atoms with E-state index < -0.39 is 38.0 Å². The molecule has 3 aromatic carbocycles. The van der Waals surface area contributed by atoms with E-state index in [1.807, 2.05) is 31.2 Å². The Kier molecular flexibility index (Phi) is 8.96. The van der Waals surface area contributed by atoms with E-state index in [1.165, 1.54) is 12.1 Å². The molecule has 7 nitrogen and oxygen atoms in total. The van der Waals surface area contributed by atoms with Gasteiger partial charge in [0.1, 0.15) is 5.75 Å². The highest BCUT2D eigenvalue weighted by Crippen LogP contribution is 2.37. The molecule has 0 radical (unpaired) electrons. The van der Waals surface area contributed by atoms with Crippen molar-refractivity contribution in [1.82, 2.24) is 0 Å². The van der Waals surface area contributed by atoms with Crippen molar-refractivity contribution in [2.75, 3.05) is 13.2 Å². The number of ether oxygens (including phenoxy) is 3. The van der Waals surface area contributed by atoms with Gasteiger partial charge in [-0.15, -0.1) is 0 Å². The van der Waals surface area contributed by atoms with Crippen LogP contribution in [0.3, 0.4) is 0 Å². The standard InChI is InChI=1S/C30H32F2O7S2/c1-28(2,3)21-10-14-24(15-11-21)40(26-9-7-8-22(20-26)29(4)37-18-5-6-19-38-29)25-16-12-23(13-17-25)39-27(33)30(31,32)41(34,35)36/h7-17,20H,5-6,18-19H2,1-4H3/p+1. The molecule has 1 heterocycles. The Hall–Kier alpha value is -2.83. The van der Waals surface area contributed by atoms with Gasteiger partial charge in [0.05, 0.1) is 24.1 Å². The second kappa shape index (κ2) is 11.8. The van der Waals surface area contributed by atoms with Crippen molar-refractivity contribution >= 4 is 27.0 Å². The van der Waals surface area contributed by atoms with Gasteiger partial charge >= 0.3 is 21.3 Å². The highest BCUT2D eigenvalue weighted by Gasteiger charge is 2.54. The molecule has 1 fully saturated rings. The van der Waals surface area contributed by atoms with Crippen LogP contribution in [0, 0.1) is 0 Å². The van der Waals surface area contributed by atoms with Crippen molar-refractivity contribution in [3.05, 3.63) is 83.9 Å². The summed E-state index contributed by atoms with van der Waals surface area (Å²) < 4.78 is 74.6. The van der Waals surface area contributed by atoms with Crippen molar-refractivity contribution in [2.24, 2.45) is 0 Å². The average Bonchev–Trinajstić information content (AvgIpc) is 3.14. The van der Waals surface area contributed by atoms with Crippen LogP contribution >= 0.6 is 0 Å². The molecule has 1 aliphatic rings. The van der Waals surface area contributed by atoms with Gasteiger partial charge in [-0.25, -0.2) is 4.79 Å². The maximum Gasteiger partial charge on any atom is 0.466 e. The van der Waals surface area contributed by atoms with Crippen LogP contribution in [0.15, 0.2) is 87.5 Å². The molecule has 1 unspecified atom stereocenters. The smallest absolute Gasteiger partial charge is 0.421 e. The Balaban J connectivity index is 1.73. The first-order valence-electron chi connectivity index (χ1n) is 13.0. The summed E-state index contributed by atoms with van der Waals surface area (Å²) in [7, 11) is -6.65. The molecule has 220 valence electrons. The second-order valence-electron chi connectivity index (χ2n) is 10.8. The lowest BCUT2D eigenvalue weighted by Gasteiger charge is -2.28. The Morgan fingerprint density at radius 3 is 1.95 bits per heavy atom. The minimum Gasteiger partial charge on any atom is -0.421 e. The molecule has 3 aromatic rings. The molecular weight excluding hydrogens is 574 g/mol. The number of alkyl halides is 2. The Bertz CT molecular complexity index is 1470. The number of benzene rings is 3. The Labute approximate surface area is 241 Å². The number of halogens is 2. The van der Waals surface area contributed by atoms with Crippen LogP contribution < -0.4 is 4.74 Å². The lowest BCUT2D eigenvalue weighted by molar-refractivity contribution is -0.221. The van der Waals surface area contributed by atoms with Crippen LogP contribution in [0.2, 0.25) is 0 Å². The monoisotopic (exact) mass is 607 g/mol. The van der Waals surface area contributed by atoms with Crippen LogP contribution in [0.1, 0.15) is 51.7 Å². The number of hydrogen-bond acceptors (Lipinski definition) is 6. The van der Waals surface area contributed by atoms with Crippen LogP contribution in [0.4, 0.5) is 8.78 Å². The molecule has 0 aliphatic carbocycles. The first kappa shape index (κ1) is 31.1. The highest BCUT2D eigenvalue weighted by atomic mass is 32.2. The molecular formula is C30H33F2O7S2+. The van der Waals surface area contributed by atoms with Gasteiger partial charge in [-0.3, -0.25) is 4.55 Å². The van der Waals surface area contributed by atoms with Gasteiger partial charge in [0.25, 0.3) is 0 Å². The number of carbonyl (C=O) groups excluding carboxylic acids is 1. The summed E-state index contributed by atoms with van der Waals surface area (Å²) in [6, 6.07) is 22.0. The Morgan fingerprint density at radius 1 is 0.902 bits per heavy atom. The highest BCUT2D eigenvalue weighted by molar-refractivity contribution is 7.97. The van der Waals surface area contributed by atoms with Crippen LogP contribution in [-0.4, -0.2) is 37.4 Å². The zero-order chi connectivity index (χ0) is 30.1. The lowest BCUT2D eigenvalue weighted by Crippen LogP contribution is -2.40. The first-order chi connectivity index (χ1) is 19.1. The second-order valence-corrected chi connectivity index (χ2v) is 14.3. The Morgan fingerprint density at radius 2 is 1.44 bits per heavy atom. The summed E-state index contributed by atoms with van der Waals surface area (Å²) in [5, 5.41) is -5.09. The topological polar surface area (TPSA) is 99.1 Å². The van der Waals surface area contributed by atoms with Gasteiger partial charge in [-0.1, -0.05) is 45.0 Å². The zero-order valence-electron chi connectivity index (χ0n) is 23.2. The first-order valence-corrected chi connectivity index (χ1v) is 15.7. The van der Waals surface area contributed by atoms with E-state index in [0.29, 0.717) is 13.2 Å². The molecule has 0 aromatic heterocycles. The van der Waals surface area contributed by atoms with Gasteiger partial charge in [-0.2, -0.15) is 17.2 Å². The van der Waals surface area contributed by atoms with E-state index in [4.69, 9.17) is 14.0 Å². The van der Waals surface area contributed by atoms with Crippen molar-refractivity contribution in [2.45, 2.75) is 71.7 Å². The van der Waals surface area contributed by atoms with Gasteiger partial charge in [0, 0.05) is 11.6 Å². The van der Waals surface area contributed by atoms with E-state index in [9.17, 15) is 22.0 Å². The summed E-state index contributed by atoms with van der Waals surface area (Å²) in [5.74, 6) is -3.60. The van der Waals surface area contributed by atoms with E-state index in [1.54, 1.807) is 12.1 Å². The van der Waals surface area contributed by atoms with E-state index in [2.05, 4.69) is 49.8 Å². The maximum atomic E-state index is 13.7. The van der Waals surface area contributed by atoms with Gasteiger partial charge in [0.2, 0.25) is 0 Å². The minimum absolute atomic E-state index is 0.0462. The summed E-state index contributed by atoms with van der Waals surface area (Å²) in [6.45, 7) is 9.45. The van der Waals surface area contributed by atoms with E-state index in [0.717, 1.165) is 38.7 Å². The molecule has 0 bridgehead atoms. The molecule has 41 heavy (non-hydrogen) atoms. The summed E-state index contributed by atoms with van der Waals surface area (Å²) >= 11 is 0. The lowest BCUT2D eigenvalue weighted by atomic mass is 9.87. The number of hydrogen-bond donors (Lipinski definition) is 1. The molecule has 11 heteroatoms. The zero-order valence-corrected chi connectivity index (χ0v) is 24.9. The van der Waals surface area contributed by atoms with Crippen molar-refractivity contribution in [3.8, 4) is 5.75 Å². The third-order valence-electron chi connectivity index (χ3n) is 6.68. The van der Waals surface area contributed by atoms with Crippen LogP contribution in [-0.2, 0) is 46.5 Å². The molecule has 0 saturated carbocycles. The van der Waals surface area contributed by atoms with Crippen molar-refractivity contribution < 1.29 is 40.8 Å². The minimum atomic E-state index is -5.98. The maximum absolute atomic E-state index is 13.7. The number of esters is 1. The third kappa shape index (κ3) is 6.98. The van der Waals surface area contributed by atoms with Gasteiger partial charge < -0.3 is 14.2 Å². The molecule has 1 N–H and O–H groups in total. The van der Waals surface area contributed by atoms with Gasteiger partial charge in [0.15, 0.2) is 20.5 Å². The fourth-order valence-electron chi connectivity index (χ4n) is 4.27. The fraction of sp³-hybridized carbons (Fsp3) is 0.367. The number of rotatable bonds is 7. The molecule has 1 aliphatic heterocycles. The molecule has 0 amide bonds. The summed E-state index contributed by atoms with van der Waals surface area (Å²) in [6.07, 6.45) is 1.82. The normalized spacial score (nSPS) is 17.0. The van der Waals surface area contributed by atoms with Gasteiger partial charge in [-0.05, 0) is 73.2 Å². The summed E-state index contributed by atoms with van der Waals surface area (Å²) in [5.41, 5.74) is 1.97. The molecule has 0 spiro atoms. The molecule has 1 atom stereocenters. The predicted octanol–water partition coefficient (Wildman–Crippen LogP) is 6.47. The van der Waals surface area contributed by atoms with Crippen LogP contribution in [0.5, 0.6) is 5.75 Å². The van der Waals surface area contributed by atoms with E-state index in [-0.39, 0.29) is 11.2 Å². The largest absolute Gasteiger partial charge is 0.466 e. The van der Waals surface area contributed by atoms with Crippen LogP contribution in [0.25, 0.3) is 0 Å². The SMILES string of the molecule is CC(C)(C)c1ccc([S+](c2ccc(OC(=O)C(F)(F)S(=O)(=O)O)cc2)c2cccc(C3(C)OCCCCO3)c2)cc1.